The Morgan fingerprint density at radius 1 is 1.33 bits per heavy atom. The third kappa shape index (κ3) is 2.47. The normalized spacial score (nSPS) is 12.3. The largest absolute Gasteiger partial charge is 0.508 e. The molecule has 1 heterocycles. The molecule has 2 aromatic rings. The molecule has 4 heteroatoms. The first-order valence-electron chi connectivity index (χ1n) is 4.69. The van der Waals surface area contributed by atoms with Crippen LogP contribution in [0.25, 0.3) is 0 Å². The van der Waals surface area contributed by atoms with E-state index in [1.807, 2.05) is 23.8 Å². The Kier molecular flexibility index (Phi) is 2.87. The van der Waals surface area contributed by atoms with Gasteiger partial charge in [-0.2, -0.15) is 0 Å². The van der Waals surface area contributed by atoms with E-state index in [-0.39, 0.29) is 11.8 Å². The second-order valence-corrected chi connectivity index (χ2v) is 4.23. The van der Waals surface area contributed by atoms with Gasteiger partial charge in [-0.1, -0.05) is 0 Å². The van der Waals surface area contributed by atoms with Gasteiger partial charge in [-0.25, -0.2) is 0 Å². The van der Waals surface area contributed by atoms with Crippen LogP contribution in [0.2, 0.25) is 0 Å². The van der Waals surface area contributed by atoms with Crippen LogP contribution in [0.15, 0.2) is 36.0 Å². The van der Waals surface area contributed by atoms with Crippen LogP contribution in [-0.2, 0) is 0 Å². The van der Waals surface area contributed by atoms with Crippen LogP contribution in [-0.4, -0.2) is 10.1 Å². The van der Waals surface area contributed by atoms with Crippen molar-refractivity contribution in [3.05, 3.63) is 40.8 Å². The van der Waals surface area contributed by atoms with Gasteiger partial charge in [0.2, 0.25) is 0 Å². The molecule has 1 atom stereocenters. The summed E-state index contributed by atoms with van der Waals surface area (Å²) in [5.74, 6) is 0.283. The first-order chi connectivity index (χ1) is 7.25. The molecule has 15 heavy (non-hydrogen) atoms. The molecular formula is C11H12N2OS. The molecule has 1 unspecified atom stereocenters. The lowest BCUT2D eigenvalue weighted by molar-refractivity contribution is 0.475. The lowest BCUT2D eigenvalue weighted by Gasteiger charge is -2.12. The van der Waals surface area contributed by atoms with Crippen molar-refractivity contribution >= 4 is 17.0 Å². The molecule has 78 valence electrons. The van der Waals surface area contributed by atoms with E-state index in [0.717, 1.165) is 5.69 Å². The molecule has 3 nitrogen and oxygen atoms in total. The number of thiazole rings is 1. The van der Waals surface area contributed by atoms with Gasteiger partial charge in [-0.15, -0.1) is 11.3 Å². The summed E-state index contributed by atoms with van der Waals surface area (Å²) in [5, 5.41) is 12.5. The van der Waals surface area contributed by atoms with Crippen molar-refractivity contribution < 1.29 is 5.11 Å². The SMILES string of the molecule is CC(Nc1ccc(O)cc1)c1cncs1. The third-order valence-electron chi connectivity index (χ3n) is 2.13. The number of benzene rings is 1. The fourth-order valence-corrected chi connectivity index (χ4v) is 1.95. The van der Waals surface area contributed by atoms with Crippen LogP contribution in [0, 0.1) is 0 Å². The van der Waals surface area contributed by atoms with Crippen LogP contribution in [0.5, 0.6) is 5.75 Å². The van der Waals surface area contributed by atoms with Gasteiger partial charge in [0.1, 0.15) is 5.75 Å². The number of hydrogen-bond acceptors (Lipinski definition) is 4. The zero-order valence-corrected chi connectivity index (χ0v) is 9.16. The van der Waals surface area contributed by atoms with Crippen LogP contribution >= 0.6 is 11.3 Å². The van der Waals surface area contributed by atoms with Crippen LogP contribution in [0.4, 0.5) is 5.69 Å². The van der Waals surface area contributed by atoms with Crippen molar-refractivity contribution in [2.75, 3.05) is 5.32 Å². The van der Waals surface area contributed by atoms with Gasteiger partial charge in [0.25, 0.3) is 0 Å². The minimum atomic E-state index is 0.238. The second-order valence-electron chi connectivity index (χ2n) is 3.32. The highest BCUT2D eigenvalue weighted by Crippen LogP contribution is 2.22. The van der Waals surface area contributed by atoms with Crippen molar-refractivity contribution in [3.63, 3.8) is 0 Å². The molecule has 0 spiro atoms. The maximum Gasteiger partial charge on any atom is 0.115 e. The number of aromatic hydroxyl groups is 1. The fourth-order valence-electron chi connectivity index (χ4n) is 1.32. The molecule has 1 aromatic heterocycles. The first-order valence-corrected chi connectivity index (χ1v) is 5.57. The van der Waals surface area contributed by atoms with Crippen molar-refractivity contribution in [1.29, 1.82) is 0 Å². The molecule has 0 fully saturated rings. The summed E-state index contributed by atoms with van der Waals surface area (Å²) >= 11 is 1.63. The summed E-state index contributed by atoms with van der Waals surface area (Å²) in [7, 11) is 0. The molecule has 0 saturated carbocycles. The van der Waals surface area contributed by atoms with Gasteiger partial charge in [-0.05, 0) is 31.2 Å². The number of nitrogens with zero attached hydrogens (tertiary/aromatic N) is 1. The standard InChI is InChI=1S/C11H12N2OS/c1-8(11-6-12-7-15-11)13-9-2-4-10(14)5-3-9/h2-8,13-14H,1H3. The molecule has 0 amide bonds. The van der Waals surface area contributed by atoms with Gasteiger partial charge in [0.15, 0.2) is 0 Å². The van der Waals surface area contributed by atoms with E-state index in [0.29, 0.717) is 0 Å². The Labute approximate surface area is 92.4 Å². The van der Waals surface area contributed by atoms with Crippen molar-refractivity contribution in [1.82, 2.24) is 4.98 Å². The van der Waals surface area contributed by atoms with Crippen LogP contribution in [0.1, 0.15) is 17.8 Å². The van der Waals surface area contributed by atoms with E-state index in [9.17, 15) is 0 Å². The lowest BCUT2D eigenvalue weighted by atomic mass is 10.2. The average Bonchev–Trinajstić information content (AvgIpc) is 2.74. The number of nitrogens with one attached hydrogen (secondary N) is 1. The van der Waals surface area contributed by atoms with Gasteiger partial charge in [0, 0.05) is 16.8 Å². The van der Waals surface area contributed by atoms with Gasteiger partial charge >= 0.3 is 0 Å². The number of phenols is 1. The van der Waals surface area contributed by atoms with Gasteiger partial charge in [-0.3, -0.25) is 4.98 Å². The van der Waals surface area contributed by atoms with E-state index in [1.54, 1.807) is 23.5 Å². The molecule has 1 aromatic carbocycles. The quantitative estimate of drug-likeness (QED) is 0.781. The summed E-state index contributed by atoms with van der Waals surface area (Å²) in [6.45, 7) is 2.08. The Morgan fingerprint density at radius 3 is 2.67 bits per heavy atom. The van der Waals surface area contributed by atoms with E-state index < -0.39 is 0 Å². The summed E-state index contributed by atoms with van der Waals surface area (Å²) in [5.41, 5.74) is 2.82. The topological polar surface area (TPSA) is 45.1 Å². The highest BCUT2D eigenvalue weighted by atomic mass is 32.1. The summed E-state index contributed by atoms with van der Waals surface area (Å²) in [6.07, 6.45) is 1.86. The summed E-state index contributed by atoms with van der Waals surface area (Å²) < 4.78 is 0. The predicted molar refractivity (Wildman–Crippen MR) is 62.3 cm³/mol. The molecule has 0 saturated heterocycles. The maximum atomic E-state index is 9.14. The Balaban J connectivity index is 2.06. The maximum absolute atomic E-state index is 9.14. The van der Waals surface area contributed by atoms with Crippen molar-refractivity contribution in [2.45, 2.75) is 13.0 Å². The second kappa shape index (κ2) is 4.31. The predicted octanol–water partition coefficient (Wildman–Crippen LogP) is 3.02. The number of hydrogen-bond donors (Lipinski definition) is 2. The fraction of sp³-hybridized carbons (Fsp3) is 0.182. The highest BCUT2D eigenvalue weighted by Gasteiger charge is 2.06. The number of rotatable bonds is 3. The number of anilines is 1. The monoisotopic (exact) mass is 220 g/mol. The molecular weight excluding hydrogens is 208 g/mol. The van der Waals surface area contributed by atoms with Crippen molar-refractivity contribution in [2.24, 2.45) is 0 Å². The first kappa shape index (κ1) is 9.98. The smallest absolute Gasteiger partial charge is 0.115 e. The molecule has 2 rings (SSSR count). The minimum absolute atomic E-state index is 0.238. The zero-order valence-electron chi connectivity index (χ0n) is 8.34. The minimum Gasteiger partial charge on any atom is -0.508 e. The van der Waals surface area contributed by atoms with E-state index >= 15 is 0 Å². The van der Waals surface area contributed by atoms with Crippen molar-refractivity contribution in [3.8, 4) is 5.75 Å². The Bertz CT molecular complexity index is 411. The Morgan fingerprint density at radius 2 is 2.07 bits per heavy atom. The zero-order chi connectivity index (χ0) is 10.7. The van der Waals surface area contributed by atoms with E-state index in [1.165, 1.54) is 4.88 Å². The highest BCUT2D eigenvalue weighted by molar-refractivity contribution is 7.09. The van der Waals surface area contributed by atoms with Gasteiger partial charge < -0.3 is 10.4 Å². The van der Waals surface area contributed by atoms with Crippen LogP contribution < -0.4 is 5.32 Å². The lowest BCUT2D eigenvalue weighted by Crippen LogP contribution is -2.04. The molecule has 0 aliphatic heterocycles. The van der Waals surface area contributed by atoms with Crippen LogP contribution in [0.3, 0.4) is 0 Å². The van der Waals surface area contributed by atoms with Gasteiger partial charge in [0.05, 0.1) is 11.6 Å². The summed E-state index contributed by atoms with van der Waals surface area (Å²) in [4.78, 5) is 5.23. The average molecular weight is 220 g/mol. The summed E-state index contributed by atoms with van der Waals surface area (Å²) in [6, 6.07) is 7.28. The molecule has 0 bridgehead atoms. The number of aromatic nitrogens is 1. The molecule has 2 N–H and O–H groups in total. The molecule has 0 aliphatic carbocycles. The van der Waals surface area contributed by atoms with E-state index in [2.05, 4.69) is 17.2 Å². The third-order valence-corrected chi connectivity index (χ3v) is 3.09. The number of phenolic OH excluding ortho intramolecular Hbond substituents is 1. The van der Waals surface area contributed by atoms with E-state index in [4.69, 9.17) is 5.11 Å². The molecule has 0 radical (unpaired) electrons. The Hall–Kier alpha value is -1.55. The molecule has 0 aliphatic rings.